The zero-order valence-corrected chi connectivity index (χ0v) is 8.82. The predicted octanol–water partition coefficient (Wildman–Crippen LogP) is 1.59. The Kier molecular flexibility index (Phi) is 4.24. The van der Waals surface area contributed by atoms with Gasteiger partial charge in [0.25, 0.3) is 0 Å². The first-order chi connectivity index (χ1) is 7.92. The Morgan fingerprint density at radius 3 is 2.53 bits per heavy atom. The summed E-state index contributed by atoms with van der Waals surface area (Å²) in [5.41, 5.74) is -0.0915. The van der Waals surface area contributed by atoms with E-state index in [1.807, 2.05) is 0 Å². The molecule has 0 aromatic carbocycles. The number of esters is 1. The SMILES string of the molecule is CCOC(=O)c1ccc(OCC(F)(F)F)nn1. The smallest absolute Gasteiger partial charge is 0.422 e. The Labute approximate surface area is 94.5 Å². The molecule has 0 aliphatic rings. The molecule has 0 radical (unpaired) electrons. The Balaban J connectivity index is 2.59. The maximum Gasteiger partial charge on any atom is 0.422 e. The lowest BCUT2D eigenvalue weighted by Gasteiger charge is -2.07. The van der Waals surface area contributed by atoms with Crippen LogP contribution in [0.25, 0.3) is 0 Å². The van der Waals surface area contributed by atoms with Gasteiger partial charge in [0.15, 0.2) is 12.3 Å². The van der Waals surface area contributed by atoms with Gasteiger partial charge in [-0.3, -0.25) is 0 Å². The van der Waals surface area contributed by atoms with Gasteiger partial charge in [-0.15, -0.1) is 10.2 Å². The van der Waals surface area contributed by atoms with Crippen LogP contribution in [0.15, 0.2) is 12.1 Å². The molecule has 0 spiro atoms. The molecule has 0 aliphatic heterocycles. The number of hydrogen-bond acceptors (Lipinski definition) is 5. The number of carbonyl (C=O) groups is 1. The Hall–Kier alpha value is -1.86. The minimum Gasteiger partial charge on any atom is -0.467 e. The highest BCUT2D eigenvalue weighted by Gasteiger charge is 2.28. The van der Waals surface area contributed by atoms with Crippen molar-refractivity contribution >= 4 is 5.97 Å². The zero-order valence-electron chi connectivity index (χ0n) is 8.82. The van der Waals surface area contributed by atoms with Crippen molar-refractivity contribution in [1.82, 2.24) is 10.2 Å². The van der Waals surface area contributed by atoms with Gasteiger partial charge in [-0.05, 0) is 13.0 Å². The molecule has 8 heteroatoms. The lowest BCUT2D eigenvalue weighted by Crippen LogP contribution is -2.20. The van der Waals surface area contributed by atoms with Crippen LogP contribution in [0.2, 0.25) is 0 Å². The third-order valence-electron chi connectivity index (χ3n) is 1.51. The van der Waals surface area contributed by atoms with E-state index in [9.17, 15) is 18.0 Å². The first-order valence-corrected chi connectivity index (χ1v) is 4.63. The number of halogens is 3. The summed E-state index contributed by atoms with van der Waals surface area (Å²) >= 11 is 0. The third-order valence-corrected chi connectivity index (χ3v) is 1.51. The molecule has 0 atom stereocenters. The molecule has 0 N–H and O–H groups in total. The van der Waals surface area contributed by atoms with E-state index in [-0.39, 0.29) is 18.2 Å². The Morgan fingerprint density at radius 2 is 2.06 bits per heavy atom. The number of ether oxygens (including phenoxy) is 2. The molecule has 94 valence electrons. The van der Waals surface area contributed by atoms with Crippen LogP contribution in [0.3, 0.4) is 0 Å². The fourth-order valence-corrected chi connectivity index (χ4v) is 0.867. The van der Waals surface area contributed by atoms with Crippen LogP contribution < -0.4 is 4.74 Å². The van der Waals surface area contributed by atoms with Crippen molar-refractivity contribution in [2.45, 2.75) is 13.1 Å². The highest BCUT2D eigenvalue weighted by molar-refractivity contribution is 5.86. The Morgan fingerprint density at radius 1 is 1.35 bits per heavy atom. The summed E-state index contributed by atoms with van der Waals surface area (Å²) in [5.74, 6) is -1.00. The summed E-state index contributed by atoms with van der Waals surface area (Å²) in [6, 6.07) is 2.29. The summed E-state index contributed by atoms with van der Waals surface area (Å²) in [7, 11) is 0. The summed E-state index contributed by atoms with van der Waals surface area (Å²) in [5, 5.41) is 6.69. The number of aromatic nitrogens is 2. The summed E-state index contributed by atoms with van der Waals surface area (Å²) in [6.45, 7) is 0.333. The van der Waals surface area contributed by atoms with E-state index in [2.05, 4.69) is 19.7 Å². The van der Waals surface area contributed by atoms with Gasteiger partial charge in [0.1, 0.15) is 0 Å². The lowest BCUT2D eigenvalue weighted by molar-refractivity contribution is -0.154. The van der Waals surface area contributed by atoms with Gasteiger partial charge in [-0.25, -0.2) is 4.79 Å². The average Bonchev–Trinajstić information content (AvgIpc) is 2.26. The second-order valence-corrected chi connectivity index (χ2v) is 2.88. The molecule has 1 aromatic heterocycles. The van der Waals surface area contributed by atoms with E-state index in [0.717, 1.165) is 6.07 Å². The van der Waals surface area contributed by atoms with E-state index in [1.54, 1.807) is 6.92 Å². The number of alkyl halides is 3. The maximum atomic E-state index is 11.8. The van der Waals surface area contributed by atoms with Gasteiger partial charge in [0, 0.05) is 6.07 Å². The number of hydrogen-bond donors (Lipinski definition) is 0. The summed E-state index contributed by atoms with van der Waals surface area (Å²) in [4.78, 5) is 11.1. The van der Waals surface area contributed by atoms with Crippen molar-refractivity contribution in [3.63, 3.8) is 0 Å². The van der Waals surface area contributed by atoms with Crippen LogP contribution in [-0.4, -0.2) is 35.6 Å². The van der Waals surface area contributed by atoms with Gasteiger partial charge >= 0.3 is 12.1 Å². The summed E-state index contributed by atoms with van der Waals surface area (Å²) in [6.07, 6.45) is -4.44. The first kappa shape index (κ1) is 13.2. The van der Waals surface area contributed by atoms with Crippen molar-refractivity contribution in [3.05, 3.63) is 17.8 Å². The highest BCUT2D eigenvalue weighted by Crippen LogP contribution is 2.16. The molecule has 0 amide bonds. The van der Waals surface area contributed by atoms with Crippen LogP contribution in [0.4, 0.5) is 13.2 Å². The van der Waals surface area contributed by atoms with E-state index in [0.29, 0.717) is 0 Å². The quantitative estimate of drug-likeness (QED) is 0.759. The molecule has 0 bridgehead atoms. The minimum absolute atomic E-state index is 0.0915. The highest BCUT2D eigenvalue weighted by atomic mass is 19.4. The topological polar surface area (TPSA) is 61.3 Å². The van der Waals surface area contributed by atoms with Crippen LogP contribution in [0.5, 0.6) is 5.88 Å². The molecule has 1 heterocycles. The fraction of sp³-hybridized carbons (Fsp3) is 0.444. The maximum absolute atomic E-state index is 11.8. The predicted molar refractivity (Wildman–Crippen MR) is 49.5 cm³/mol. The van der Waals surface area contributed by atoms with E-state index in [4.69, 9.17) is 0 Å². The number of nitrogens with zero attached hydrogens (tertiary/aromatic N) is 2. The summed E-state index contributed by atoms with van der Waals surface area (Å²) < 4.78 is 44.3. The molecule has 17 heavy (non-hydrogen) atoms. The van der Waals surface area contributed by atoms with E-state index < -0.39 is 18.8 Å². The molecule has 5 nitrogen and oxygen atoms in total. The number of carbonyl (C=O) groups excluding carboxylic acids is 1. The molecular formula is C9H9F3N2O3. The van der Waals surface area contributed by atoms with Gasteiger partial charge in [0.2, 0.25) is 5.88 Å². The van der Waals surface area contributed by atoms with Gasteiger partial charge < -0.3 is 9.47 Å². The Bertz CT molecular complexity index is 378. The fourth-order valence-electron chi connectivity index (χ4n) is 0.867. The standard InChI is InChI=1S/C9H9F3N2O3/c1-2-16-8(15)6-3-4-7(14-13-6)17-5-9(10,11)12/h3-4H,2,5H2,1H3. The van der Waals surface area contributed by atoms with Gasteiger partial charge in [-0.1, -0.05) is 0 Å². The van der Waals surface area contributed by atoms with Crippen molar-refractivity contribution in [1.29, 1.82) is 0 Å². The van der Waals surface area contributed by atoms with Crippen molar-refractivity contribution in [2.24, 2.45) is 0 Å². The molecule has 0 saturated heterocycles. The lowest BCUT2D eigenvalue weighted by atomic mass is 10.4. The molecule has 0 aliphatic carbocycles. The van der Waals surface area contributed by atoms with Crippen LogP contribution in [0.1, 0.15) is 17.4 Å². The van der Waals surface area contributed by atoms with Crippen molar-refractivity contribution in [2.75, 3.05) is 13.2 Å². The van der Waals surface area contributed by atoms with E-state index >= 15 is 0 Å². The zero-order chi connectivity index (χ0) is 12.9. The molecule has 1 rings (SSSR count). The normalized spacial score (nSPS) is 11.1. The van der Waals surface area contributed by atoms with Crippen molar-refractivity contribution in [3.8, 4) is 5.88 Å². The largest absolute Gasteiger partial charge is 0.467 e. The molecular weight excluding hydrogens is 241 g/mol. The van der Waals surface area contributed by atoms with Gasteiger partial charge in [-0.2, -0.15) is 13.2 Å². The number of rotatable bonds is 4. The second kappa shape index (κ2) is 5.46. The van der Waals surface area contributed by atoms with Crippen LogP contribution in [-0.2, 0) is 4.74 Å². The molecule has 1 aromatic rings. The van der Waals surface area contributed by atoms with Crippen LogP contribution >= 0.6 is 0 Å². The molecule has 0 saturated carbocycles. The minimum atomic E-state index is -4.44. The van der Waals surface area contributed by atoms with Crippen LogP contribution in [0, 0.1) is 0 Å². The first-order valence-electron chi connectivity index (χ1n) is 4.63. The monoisotopic (exact) mass is 250 g/mol. The second-order valence-electron chi connectivity index (χ2n) is 2.88. The van der Waals surface area contributed by atoms with Gasteiger partial charge in [0.05, 0.1) is 6.61 Å². The average molecular weight is 250 g/mol. The molecule has 0 unspecified atom stereocenters. The van der Waals surface area contributed by atoms with Crippen molar-refractivity contribution < 1.29 is 27.4 Å². The van der Waals surface area contributed by atoms with E-state index in [1.165, 1.54) is 6.07 Å². The molecule has 0 fully saturated rings. The third kappa shape index (κ3) is 4.66.